The Balaban J connectivity index is 2.20. The number of allylic oxidation sites excluding steroid dienone is 2. The largest absolute Gasteiger partial charge is 0.453 e. The SMILES string of the molecule is C[C@H]1C=Cc2oc3c(c2N=C1)N=CCC=C3. The van der Waals surface area contributed by atoms with E-state index in [-0.39, 0.29) is 0 Å². The minimum atomic E-state index is 0.337. The molecule has 0 radical (unpaired) electrons. The van der Waals surface area contributed by atoms with Crippen molar-refractivity contribution in [3.05, 3.63) is 23.7 Å². The molecule has 3 nitrogen and oxygen atoms in total. The third-order valence-electron chi connectivity index (χ3n) is 2.63. The monoisotopic (exact) mass is 212 g/mol. The molecule has 2 aliphatic heterocycles. The first-order valence-corrected chi connectivity index (χ1v) is 5.43. The minimum absolute atomic E-state index is 0.337. The van der Waals surface area contributed by atoms with Crippen molar-refractivity contribution >= 4 is 36.0 Å². The molecule has 0 aromatic carbocycles. The van der Waals surface area contributed by atoms with Crippen LogP contribution in [0.1, 0.15) is 24.9 Å². The third kappa shape index (κ3) is 1.45. The highest BCUT2D eigenvalue weighted by Crippen LogP contribution is 2.41. The van der Waals surface area contributed by atoms with E-state index in [9.17, 15) is 0 Å². The molecule has 3 heteroatoms. The first-order chi connectivity index (χ1) is 7.84. The van der Waals surface area contributed by atoms with E-state index in [4.69, 9.17) is 4.42 Å². The van der Waals surface area contributed by atoms with Crippen LogP contribution in [0, 0.1) is 5.92 Å². The van der Waals surface area contributed by atoms with Crippen molar-refractivity contribution in [1.82, 2.24) is 0 Å². The van der Waals surface area contributed by atoms with Crippen LogP contribution in [-0.4, -0.2) is 12.4 Å². The standard InChI is InChI=1S/C13H12N2O/c1-9-5-6-11-13(15-8-9)12-10(16-11)4-2-3-7-14-12/h2,4-9H,3H2,1H3/t9-/m0/s1. The average molecular weight is 212 g/mol. The Hall–Kier alpha value is -1.90. The predicted octanol–water partition coefficient (Wildman–Crippen LogP) is 3.76. The summed E-state index contributed by atoms with van der Waals surface area (Å²) in [6, 6.07) is 0. The summed E-state index contributed by atoms with van der Waals surface area (Å²) in [5.41, 5.74) is 1.69. The second kappa shape index (κ2) is 3.59. The molecule has 0 N–H and O–H groups in total. The van der Waals surface area contributed by atoms with Crippen LogP contribution in [0.25, 0.3) is 12.2 Å². The maximum Gasteiger partial charge on any atom is 0.155 e. The van der Waals surface area contributed by atoms with E-state index in [0.717, 1.165) is 29.3 Å². The number of hydrogen-bond acceptors (Lipinski definition) is 3. The number of rotatable bonds is 0. The lowest BCUT2D eigenvalue weighted by molar-refractivity contribution is 0.548. The fraction of sp³-hybridized carbons (Fsp3) is 0.231. The van der Waals surface area contributed by atoms with Gasteiger partial charge in [0.2, 0.25) is 0 Å². The molecular formula is C13H12N2O. The second-order valence-corrected chi connectivity index (χ2v) is 3.97. The zero-order valence-electron chi connectivity index (χ0n) is 9.05. The summed E-state index contributed by atoms with van der Waals surface area (Å²) < 4.78 is 5.74. The van der Waals surface area contributed by atoms with E-state index in [0.29, 0.717) is 5.92 Å². The molecule has 0 fully saturated rings. The van der Waals surface area contributed by atoms with Crippen molar-refractivity contribution < 1.29 is 4.42 Å². The van der Waals surface area contributed by atoms with E-state index < -0.39 is 0 Å². The minimum Gasteiger partial charge on any atom is -0.453 e. The van der Waals surface area contributed by atoms with Gasteiger partial charge in [0.1, 0.15) is 11.4 Å². The number of hydrogen-bond donors (Lipinski definition) is 0. The lowest BCUT2D eigenvalue weighted by Gasteiger charge is -1.93. The molecule has 0 spiro atoms. The Kier molecular flexibility index (Phi) is 2.10. The van der Waals surface area contributed by atoms with Gasteiger partial charge in [-0.2, -0.15) is 0 Å². The van der Waals surface area contributed by atoms with E-state index in [1.807, 2.05) is 30.7 Å². The van der Waals surface area contributed by atoms with E-state index >= 15 is 0 Å². The van der Waals surface area contributed by atoms with Gasteiger partial charge in [0.25, 0.3) is 0 Å². The van der Waals surface area contributed by atoms with Gasteiger partial charge >= 0.3 is 0 Å². The predicted molar refractivity (Wildman–Crippen MR) is 66.9 cm³/mol. The molecular weight excluding hydrogens is 200 g/mol. The highest BCUT2D eigenvalue weighted by atomic mass is 16.3. The molecule has 1 aromatic rings. The van der Waals surface area contributed by atoms with Gasteiger partial charge in [0.05, 0.1) is 0 Å². The van der Waals surface area contributed by atoms with E-state index in [1.54, 1.807) is 0 Å². The first kappa shape index (κ1) is 9.33. The van der Waals surface area contributed by atoms with Crippen molar-refractivity contribution in [2.24, 2.45) is 15.9 Å². The molecule has 0 unspecified atom stereocenters. The summed E-state index contributed by atoms with van der Waals surface area (Å²) in [7, 11) is 0. The average Bonchev–Trinajstić information content (AvgIpc) is 2.48. The molecule has 1 aromatic heterocycles. The Morgan fingerprint density at radius 1 is 1.19 bits per heavy atom. The molecule has 0 saturated carbocycles. The molecule has 3 heterocycles. The van der Waals surface area contributed by atoms with Crippen LogP contribution in [0.4, 0.5) is 11.4 Å². The van der Waals surface area contributed by atoms with E-state index in [2.05, 4.69) is 23.0 Å². The molecule has 3 rings (SSSR count). The maximum absolute atomic E-state index is 5.74. The van der Waals surface area contributed by atoms with Crippen molar-refractivity contribution in [3.8, 4) is 0 Å². The Morgan fingerprint density at radius 2 is 2.00 bits per heavy atom. The fourth-order valence-electron chi connectivity index (χ4n) is 1.78. The smallest absolute Gasteiger partial charge is 0.155 e. The molecule has 16 heavy (non-hydrogen) atoms. The zero-order chi connectivity index (χ0) is 11.0. The van der Waals surface area contributed by atoms with Crippen LogP contribution in [0.15, 0.2) is 26.6 Å². The lowest BCUT2D eigenvalue weighted by Crippen LogP contribution is -1.86. The van der Waals surface area contributed by atoms with Crippen LogP contribution in [-0.2, 0) is 0 Å². The summed E-state index contributed by atoms with van der Waals surface area (Å²) in [6.45, 7) is 2.09. The molecule has 2 aliphatic rings. The summed E-state index contributed by atoms with van der Waals surface area (Å²) in [6.07, 6.45) is 12.7. The lowest BCUT2D eigenvalue weighted by atomic mass is 10.2. The topological polar surface area (TPSA) is 37.9 Å². The van der Waals surface area contributed by atoms with Gasteiger partial charge in [0.15, 0.2) is 11.5 Å². The number of furan rings is 1. The van der Waals surface area contributed by atoms with Gasteiger partial charge in [0, 0.05) is 24.8 Å². The van der Waals surface area contributed by atoms with Crippen LogP contribution in [0.3, 0.4) is 0 Å². The Bertz CT molecular complexity index is 532. The van der Waals surface area contributed by atoms with E-state index in [1.165, 1.54) is 0 Å². The molecule has 0 aliphatic carbocycles. The van der Waals surface area contributed by atoms with Crippen molar-refractivity contribution in [2.45, 2.75) is 13.3 Å². The fourth-order valence-corrected chi connectivity index (χ4v) is 1.78. The maximum atomic E-state index is 5.74. The zero-order valence-corrected chi connectivity index (χ0v) is 9.05. The highest BCUT2D eigenvalue weighted by molar-refractivity contribution is 5.88. The highest BCUT2D eigenvalue weighted by Gasteiger charge is 2.18. The van der Waals surface area contributed by atoms with Gasteiger partial charge in [-0.15, -0.1) is 0 Å². The van der Waals surface area contributed by atoms with Gasteiger partial charge in [-0.05, 0) is 12.2 Å². The number of nitrogens with zero attached hydrogens (tertiary/aromatic N) is 2. The van der Waals surface area contributed by atoms with Crippen LogP contribution in [0.5, 0.6) is 0 Å². The summed E-state index contributed by atoms with van der Waals surface area (Å²) >= 11 is 0. The van der Waals surface area contributed by atoms with Gasteiger partial charge in [-0.3, -0.25) is 9.98 Å². The van der Waals surface area contributed by atoms with Gasteiger partial charge in [-0.25, -0.2) is 0 Å². The van der Waals surface area contributed by atoms with Crippen molar-refractivity contribution in [3.63, 3.8) is 0 Å². The Morgan fingerprint density at radius 3 is 2.94 bits per heavy atom. The van der Waals surface area contributed by atoms with Crippen LogP contribution >= 0.6 is 0 Å². The van der Waals surface area contributed by atoms with Crippen LogP contribution < -0.4 is 0 Å². The van der Waals surface area contributed by atoms with Crippen molar-refractivity contribution in [2.75, 3.05) is 0 Å². The Labute approximate surface area is 93.9 Å². The first-order valence-electron chi connectivity index (χ1n) is 5.43. The molecule has 80 valence electrons. The van der Waals surface area contributed by atoms with Gasteiger partial charge < -0.3 is 4.42 Å². The third-order valence-corrected chi connectivity index (χ3v) is 2.63. The summed E-state index contributed by atoms with van der Waals surface area (Å²) in [4.78, 5) is 8.85. The van der Waals surface area contributed by atoms with Gasteiger partial charge in [-0.1, -0.05) is 19.1 Å². The normalized spacial score (nSPS) is 21.4. The molecule has 1 atom stereocenters. The molecule has 0 amide bonds. The quantitative estimate of drug-likeness (QED) is 0.645. The molecule has 0 bridgehead atoms. The van der Waals surface area contributed by atoms with Crippen molar-refractivity contribution in [1.29, 1.82) is 0 Å². The summed E-state index contributed by atoms with van der Waals surface area (Å²) in [5.74, 6) is 1.94. The number of aliphatic imine (C=N–C) groups is 2. The second-order valence-electron chi connectivity index (χ2n) is 3.97. The summed E-state index contributed by atoms with van der Waals surface area (Å²) in [5, 5.41) is 0. The van der Waals surface area contributed by atoms with Crippen LogP contribution in [0.2, 0.25) is 0 Å². The molecule has 0 saturated heterocycles. The number of fused-ring (bicyclic) bond motifs is 3.